The molecule has 0 aromatic heterocycles. The summed E-state index contributed by atoms with van der Waals surface area (Å²) in [6, 6.07) is 3.43. The van der Waals surface area contributed by atoms with E-state index in [2.05, 4.69) is 5.32 Å². The summed E-state index contributed by atoms with van der Waals surface area (Å²) >= 11 is 5.97. The topological polar surface area (TPSA) is 84.9 Å². The molecule has 0 spiro atoms. The highest BCUT2D eigenvalue weighted by molar-refractivity contribution is 6.32. The first-order valence-electron chi connectivity index (χ1n) is 6.34. The average Bonchev–Trinajstić information content (AvgIpc) is 2.44. The number of hydrogen-bond donors (Lipinski definition) is 2. The van der Waals surface area contributed by atoms with Gasteiger partial charge < -0.3 is 19.9 Å². The highest BCUT2D eigenvalue weighted by Gasteiger charge is 2.22. The van der Waals surface area contributed by atoms with Gasteiger partial charge in [-0.25, -0.2) is 4.79 Å². The molecule has 1 aromatic rings. The number of carbonyl (C=O) groups is 2. The molecule has 0 heterocycles. The number of rotatable bonds is 8. The van der Waals surface area contributed by atoms with Gasteiger partial charge in [-0.05, 0) is 24.1 Å². The third-order valence-corrected chi connectivity index (χ3v) is 3.11. The smallest absolute Gasteiger partial charge is 0.330 e. The van der Waals surface area contributed by atoms with Crippen LogP contribution >= 0.6 is 11.6 Å². The van der Waals surface area contributed by atoms with Crippen molar-refractivity contribution in [2.45, 2.75) is 18.9 Å². The van der Waals surface area contributed by atoms with E-state index in [0.29, 0.717) is 24.3 Å². The third-order valence-electron chi connectivity index (χ3n) is 2.81. The van der Waals surface area contributed by atoms with Crippen LogP contribution in [0.2, 0.25) is 5.02 Å². The minimum atomic E-state index is -1.16. The summed E-state index contributed by atoms with van der Waals surface area (Å²) in [5, 5.41) is 12.0. The van der Waals surface area contributed by atoms with E-state index in [1.54, 1.807) is 12.1 Å². The van der Waals surface area contributed by atoms with Crippen molar-refractivity contribution in [2.75, 3.05) is 20.8 Å². The number of carbonyl (C=O) groups excluding carboxylic acids is 1. The fourth-order valence-corrected chi connectivity index (χ4v) is 2.03. The average molecular weight is 316 g/mol. The van der Waals surface area contributed by atoms with E-state index in [1.807, 2.05) is 0 Å². The lowest BCUT2D eigenvalue weighted by Gasteiger charge is -2.16. The number of aliphatic carboxylic acids is 1. The quantitative estimate of drug-likeness (QED) is 0.717. The lowest BCUT2D eigenvalue weighted by Crippen LogP contribution is -2.33. The Morgan fingerprint density at radius 3 is 2.62 bits per heavy atom. The van der Waals surface area contributed by atoms with E-state index >= 15 is 0 Å². The van der Waals surface area contributed by atoms with Crippen LogP contribution in [-0.4, -0.2) is 37.8 Å². The zero-order valence-corrected chi connectivity index (χ0v) is 12.6. The molecule has 2 N–H and O–H groups in total. The van der Waals surface area contributed by atoms with E-state index in [-0.39, 0.29) is 17.4 Å². The van der Waals surface area contributed by atoms with E-state index in [4.69, 9.17) is 21.1 Å². The first kappa shape index (κ1) is 17.3. The van der Waals surface area contributed by atoms with Crippen LogP contribution in [0.3, 0.4) is 0 Å². The number of nitrogens with one attached hydrogen (secondary N) is 1. The second-order valence-corrected chi connectivity index (χ2v) is 4.74. The monoisotopic (exact) mass is 315 g/mol. The molecule has 1 aromatic carbocycles. The number of ether oxygens (including phenoxy) is 2. The van der Waals surface area contributed by atoms with Gasteiger partial charge in [0, 0.05) is 20.1 Å². The van der Waals surface area contributed by atoms with E-state index in [9.17, 15) is 14.7 Å². The molecule has 0 aliphatic carbocycles. The largest absolute Gasteiger partial charge is 0.495 e. The van der Waals surface area contributed by atoms with Gasteiger partial charge in [0.2, 0.25) is 5.91 Å². The first-order chi connectivity index (χ1) is 9.99. The second-order valence-electron chi connectivity index (χ2n) is 4.33. The Balaban J connectivity index is 2.80. The number of benzene rings is 1. The van der Waals surface area contributed by atoms with Crippen LogP contribution in [0.15, 0.2) is 18.2 Å². The number of methoxy groups -OCH3 is 2. The zero-order valence-electron chi connectivity index (χ0n) is 11.9. The maximum Gasteiger partial charge on any atom is 0.330 e. The molecule has 0 saturated carbocycles. The Labute approximate surface area is 128 Å². The number of halogens is 1. The Kier molecular flexibility index (Phi) is 6.98. The molecule has 6 nitrogen and oxygen atoms in total. The molecule has 1 rings (SSSR count). The first-order valence-corrected chi connectivity index (χ1v) is 6.72. The highest BCUT2D eigenvalue weighted by Crippen LogP contribution is 2.27. The summed E-state index contributed by atoms with van der Waals surface area (Å²) in [5.74, 6) is -1.07. The molecule has 1 amide bonds. The van der Waals surface area contributed by atoms with Crippen molar-refractivity contribution >= 4 is 23.5 Å². The van der Waals surface area contributed by atoms with Crippen molar-refractivity contribution in [1.29, 1.82) is 0 Å². The van der Waals surface area contributed by atoms with Gasteiger partial charge in [0.05, 0.1) is 12.1 Å². The molecule has 1 unspecified atom stereocenters. The van der Waals surface area contributed by atoms with Crippen molar-refractivity contribution in [2.24, 2.45) is 0 Å². The van der Waals surface area contributed by atoms with Gasteiger partial charge in [0.15, 0.2) is 6.04 Å². The minimum absolute atomic E-state index is 0.196. The predicted molar refractivity (Wildman–Crippen MR) is 77.6 cm³/mol. The summed E-state index contributed by atoms with van der Waals surface area (Å²) in [4.78, 5) is 23.0. The van der Waals surface area contributed by atoms with E-state index in [0.717, 1.165) is 0 Å². The number of hydrogen-bond acceptors (Lipinski definition) is 4. The van der Waals surface area contributed by atoms with Crippen LogP contribution in [0.4, 0.5) is 0 Å². The molecular formula is C14H18ClNO5. The van der Waals surface area contributed by atoms with Crippen molar-refractivity contribution < 1.29 is 24.2 Å². The van der Waals surface area contributed by atoms with Gasteiger partial charge in [0.25, 0.3) is 0 Å². The molecule has 0 aliphatic rings. The third kappa shape index (κ3) is 5.24. The van der Waals surface area contributed by atoms with Crippen molar-refractivity contribution in [3.05, 3.63) is 28.8 Å². The Bertz CT molecular complexity index is 506. The van der Waals surface area contributed by atoms with Gasteiger partial charge >= 0.3 is 5.97 Å². The Morgan fingerprint density at radius 2 is 2.10 bits per heavy atom. The van der Waals surface area contributed by atoms with Crippen molar-refractivity contribution in [3.8, 4) is 5.75 Å². The maximum atomic E-state index is 11.7. The summed E-state index contributed by atoms with van der Waals surface area (Å²) in [6.45, 7) is 0.444. The van der Waals surface area contributed by atoms with Gasteiger partial charge in [-0.2, -0.15) is 0 Å². The molecule has 0 bridgehead atoms. The van der Waals surface area contributed by atoms with Crippen LogP contribution in [0.1, 0.15) is 24.4 Å². The number of amides is 1. The predicted octanol–water partition coefficient (Wildman–Crippen LogP) is 2.02. The van der Waals surface area contributed by atoms with Gasteiger partial charge in [0.1, 0.15) is 5.75 Å². The fourth-order valence-electron chi connectivity index (χ4n) is 1.76. The van der Waals surface area contributed by atoms with Crippen LogP contribution in [0.25, 0.3) is 0 Å². The molecule has 1 atom stereocenters. The van der Waals surface area contributed by atoms with Gasteiger partial charge in [-0.3, -0.25) is 4.79 Å². The second kappa shape index (κ2) is 8.49. The van der Waals surface area contributed by atoms with Crippen LogP contribution < -0.4 is 10.1 Å². The minimum Gasteiger partial charge on any atom is -0.495 e. The fraction of sp³-hybridized carbons (Fsp3) is 0.429. The van der Waals surface area contributed by atoms with Crippen molar-refractivity contribution in [1.82, 2.24) is 5.32 Å². The van der Waals surface area contributed by atoms with Gasteiger partial charge in [-0.1, -0.05) is 17.7 Å². The summed E-state index contributed by atoms with van der Waals surface area (Å²) in [7, 11) is 3.00. The highest BCUT2D eigenvalue weighted by atomic mass is 35.5. The van der Waals surface area contributed by atoms with Crippen LogP contribution in [0, 0.1) is 0 Å². The van der Waals surface area contributed by atoms with Crippen LogP contribution in [0.5, 0.6) is 5.75 Å². The molecular weight excluding hydrogens is 298 g/mol. The molecule has 0 fully saturated rings. The Morgan fingerprint density at radius 1 is 1.38 bits per heavy atom. The SMILES string of the molecule is COCCCC(=O)NC(C(=O)O)c1ccc(OC)c(Cl)c1. The van der Waals surface area contributed by atoms with Crippen molar-refractivity contribution in [3.63, 3.8) is 0 Å². The number of carboxylic acids is 1. The summed E-state index contributed by atoms with van der Waals surface area (Å²) in [5.41, 5.74) is 0.383. The van der Waals surface area contributed by atoms with E-state index in [1.165, 1.54) is 20.3 Å². The molecule has 116 valence electrons. The molecule has 21 heavy (non-hydrogen) atoms. The molecule has 7 heteroatoms. The maximum absolute atomic E-state index is 11.7. The standard InChI is InChI=1S/C14H18ClNO5/c1-20-7-3-4-12(17)16-13(14(18)19)9-5-6-11(21-2)10(15)8-9/h5-6,8,13H,3-4,7H2,1-2H3,(H,16,17)(H,18,19). The lowest BCUT2D eigenvalue weighted by atomic mass is 10.1. The molecule has 0 aliphatic heterocycles. The summed E-state index contributed by atoms with van der Waals surface area (Å²) < 4.78 is 9.85. The number of carboxylic acid groups (broad SMARTS) is 1. The zero-order chi connectivity index (χ0) is 15.8. The van der Waals surface area contributed by atoms with E-state index < -0.39 is 12.0 Å². The lowest BCUT2D eigenvalue weighted by molar-refractivity contribution is -0.142. The Hall–Kier alpha value is -1.79. The van der Waals surface area contributed by atoms with Gasteiger partial charge in [-0.15, -0.1) is 0 Å². The van der Waals surface area contributed by atoms with Crippen LogP contribution in [-0.2, 0) is 14.3 Å². The normalized spacial score (nSPS) is 11.8. The molecule has 0 radical (unpaired) electrons. The molecule has 0 saturated heterocycles. The summed E-state index contributed by atoms with van der Waals surface area (Å²) in [6.07, 6.45) is 0.722.